The number of nitrogens with one attached hydrogen (secondary N) is 9. The third-order valence-corrected chi connectivity index (χ3v) is 23.0. The van der Waals surface area contributed by atoms with Crippen LogP contribution in [0.1, 0.15) is 137 Å². The fraction of sp³-hybridized carbons (Fsp3) is 0.425. The summed E-state index contributed by atoms with van der Waals surface area (Å²) in [6.07, 6.45) is -22.2. The zero-order valence-corrected chi connectivity index (χ0v) is 69.3. The number of aliphatic hydroxyl groups is 6. The van der Waals surface area contributed by atoms with Gasteiger partial charge in [0.2, 0.25) is 59.3 Å². The van der Waals surface area contributed by atoms with Crippen LogP contribution in [0.2, 0.25) is 5.02 Å². The van der Waals surface area contributed by atoms with Gasteiger partial charge < -0.3 is 143 Å². The minimum Gasteiger partial charge on any atom is -0.508 e. The highest BCUT2D eigenvalue weighted by Crippen LogP contribution is 2.50. The van der Waals surface area contributed by atoms with Crippen molar-refractivity contribution in [2.45, 2.75) is 214 Å². The predicted octanol–water partition coefficient (Wildman–Crippen LogP) is 2.75. The van der Waals surface area contributed by atoms with Gasteiger partial charge in [0.25, 0.3) is 0 Å². The third-order valence-electron chi connectivity index (χ3n) is 22.7. The molecule has 37 heteroatoms. The Bertz CT molecular complexity index is 5100. The first-order valence-corrected chi connectivity index (χ1v) is 40.8. The van der Waals surface area contributed by atoms with Crippen molar-refractivity contribution in [1.82, 2.24) is 47.9 Å². The van der Waals surface area contributed by atoms with E-state index in [1.807, 2.05) is 13.8 Å². The molecule has 662 valence electrons. The molecule has 0 saturated carbocycles. The summed E-state index contributed by atoms with van der Waals surface area (Å²) in [6.45, 7) is 8.51. The maximum atomic E-state index is 16.8. The van der Waals surface area contributed by atoms with Gasteiger partial charge >= 0.3 is 0 Å². The zero-order valence-electron chi connectivity index (χ0n) is 68.5. The van der Waals surface area contributed by atoms with Crippen molar-refractivity contribution in [3.8, 4) is 57.1 Å². The monoisotopic (exact) mass is 1740 g/mol. The Morgan fingerprint density at radius 1 is 0.613 bits per heavy atom. The molecule has 8 aliphatic heterocycles. The number of aliphatic hydroxyl groups excluding tert-OH is 6. The van der Waals surface area contributed by atoms with E-state index in [-0.39, 0.29) is 82.6 Å². The van der Waals surface area contributed by atoms with Crippen LogP contribution in [0.3, 0.4) is 0 Å². The normalized spacial score (nSPS) is 29.8. The van der Waals surface area contributed by atoms with Crippen LogP contribution in [0.15, 0.2) is 146 Å². The number of hydrogen-bond donors (Lipinski definition) is 20. The zero-order chi connectivity index (χ0) is 89.1. The SMILES string of the molecule is CN[C@H](CC(C)C)C(=O)N[C@H]1C(=O)N[C@@H](CC(=O)NCc2ccccc2)C(=O)N[C@H]2C(=O)N[C@H]3C(=O)N[C@H](C(=O)N[C@H](C(=O)NCc4ccccc4)c4cc(O)cc(O)c4-c4cc3ccc4O)[C@H](O[C@H]3C[C@](C)(N)[C@@H](O)[C@H](C)O3)c3ccc(cc3)Oc3cc2cc(c3O[C@@H]2O[C@H](CO)[C@@H](O)[C@H](O)[C@H]2O[C@H]2C[C@](C)(N)[C@@H](O)[C@H](C)O2)Oc2ccc(cc2Cl)[C@H]1O. The van der Waals surface area contributed by atoms with E-state index in [9.17, 15) is 55.5 Å². The Morgan fingerprint density at radius 2 is 1.20 bits per heavy atom. The summed E-state index contributed by atoms with van der Waals surface area (Å²) >= 11 is 7.25. The number of carbonyl (C=O) groups excluding carboxylic acids is 8. The molecule has 0 aliphatic carbocycles. The number of phenols is 3. The molecule has 8 amide bonds. The van der Waals surface area contributed by atoms with Crippen LogP contribution in [-0.2, 0) is 75.1 Å². The smallest absolute Gasteiger partial charge is 0.248 e. The second-order valence-corrected chi connectivity index (χ2v) is 33.2. The van der Waals surface area contributed by atoms with Crippen LogP contribution in [-0.4, -0.2) is 210 Å². The van der Waals surface area contributed by atoms with Gasteiger partial charge in [0.15, 0.2) is 30.2 Å². The second-order valence-electron chi connectivity index (χ2n) is 32.8. The quantitative estimate of drug-likeness (QED) is 0.0553. The van der Waals surface area contributed by atoms with Gasteiger partial charge in [0, 0.05) is 54.2 Å². The van der Waals surface area contributed by atoms with Gasteiger partial charge in [-0.25, -0.2) is 0 Å². The number of aromatic hydroxyl groups is 3. The molecule has 0 spiro atoms. The molecule has 22 N–H and O–H groups in total. The summed E-state index contributed by atoms with van der Waals surface area (Å²) in [4.78, 5) is 126. The van der Waals surface area contributed by atoms with E-state index in [0.717, 1.165) is 36.4 Å². The molecule has 8 heterocycles. The van der Waals surface area contributed by atoms with E-state index < -0.39 is 239 Å². The van der Waals surface area contributed by atoms with Crippen LogP contribution in [0.25, 0.3) is 11.1 Å². The average Bonchev–Trinajstić information content (AvgIpc) is 0.762. The molecule has 22 atom stereocenters. The topological polar surface area (TPSA) is 553 Å². The van der Waals surface area contributed by atoms with Crippen molar-refractivity contribution in [3.63, 3.8) is 0 Å². The molecule has 36 nitrogen and oxygen atoms in total. The lowest BCUT2D eigenvalue weighted by Crippen LogP contribution is -2.64. The molecule has 3 fully saturated rings. The molecule has 3 saturated heterocycles. The van der Waals surface area contributed by atoms with Crippen LogP contribution in [0.5, 0.6) is 46.0 Å². The van der Waals surface area contributed by atoms with Crippen molar-refractivity contribution >= 4 is 58.9 Å². The maximum Gasteiger partial charge on any atom is 0.248 e. The van der Waals surface area contributed by atoms with E-state index >= 15 is 28.8 Å². The van der Waals surface area contributed by atoms with Crippen molar-refractivity contribution in [3.05, 3.63) is 190 Å². The molecular weight excluding hydrogens is 1630 g/mol. The van der Waals surface area contributed by atoms with Gasteiger partial charge in [-0.15, -0.1) is 0 Å². The number of carbonyl (C=O) groups is 8. The number of hydrogen-bond acceptors (Lipinski definition) is 28. The van der Waals surface area contributed by atoms with Crippen molar-refractivity contribution in [2.24, 2.45) is 17.4 Å². The summed E-state index contributed by atoms with van der Waals surface area (Å²) in [5.41, 5.74) is 9.72. The lowest BCUT2D eigenvalue weighted by Gasteiger charge is -2.47. The molecule has 124 heavy (non-hydrogen) atoms. The first-order valence-electron chi connectivity index (χ1n) is 40.4. The molecular formula is C87H102ClN11O25. The Kier molecular flexibility index (Phi) is 27.8. The summed E-state index contributed by atoms with van der Waals surface area (Å²) < 4.78 is 52.6. The Labute approximate surface area is 716 Å². The summed E-state index contributed by atoms with van der Waals surface area (Å²) in [7, 11) is 1.50. The molecule has 7 aromatic carbocycles. The standard InChI is InChI=1S/C87H102ClN11O25/c1-39(2)26-53(91-7)78(110)98-68-70(105)46-21-25-57(52(88)28-46)120-59-30-47-29-58(74(59)124-85-75(72(107)71(106)60(38-100)121-85)123-63-35-87(6,90)77(109)41(4)118-63)119-49-22-18-44(19-23-49)73(122-62-34-86(5,89)76(108)40(3)117-62)69-84(116)97-67(80(112)93-37-43-16-12-9-13-17-43)51-31-48(101)32-56(103)64(51)50-27-45(20-24-55(50)102)65(81(113)99-69)96-82(114)66(47)95-79(111)54(94-83(68)115)33-61(104)92-36-42-14-10-8-11-15-42/h8-25,27-32,39-41,53-54,60,62-63,65-73,75-77,85,91,100-103,105-109H,26,33-38,89-90H2,1-7H3,(H,92,104)(H,93,112)(H,94,115)(H,95,111)(H,96,114)(H,97,116)(H,98,110)(H,99,113)/t40-,41-,53+,54-,60+,62-,63-,65+,66+,67-,68+,69-,70+,71+,72-,73+,75+,76-,77-,85-,86-,87-/m0/s1. The number of phenolic OH excluding ortho intramolecular Hbond substituents is 3. The van der Waals surface area contributed by atoms with Crippen LogP contribution in [0, 0.1) is 5.92 Å². The first-order chi connectivity index (χ1) is 59.0. The van der Waals surface area contributed by atoms with E-state index in [0.29, 0.717) is 11.1 Å². The molecule has 11 bridgehead atoms. The van der Waals surface area contributed by atoms with Gasteiger partial charge in [0.1, 0.15) is 95.5 Å². The van der Waals surface area contributed by atoms with Crippen molar-refractivity contribution in [2.75, 3.05) is 13.7 Å². The van der Waals surface area contributed by atoms with Crippen molar-refractivity contribution < 1.29 is 122 Å². The molecule has 0 unspecified atom stereocenters. The van der Waals surface area contributed by atoms with Gasteiger partial charge in [0.05, 0.1) is 48.5 Å². The summed E-state index contributed by atoms with van der Waals surface area (Å²) in [5.74, 6) is -13.6. The number of amides is 8. The lowest BCUT2D eigenvalue weighted by atomic mass is 9.86. The molecule has 8 aliphatic rings. The highest BCUT2D eigenvalue weighted by Gasteiger charge is 2.53. The van der Waals surface area contributed by atoms with Crippen LogP contribution >= 0.6 is 11.6 Å². The van der Waals surface area contributed by atoms with Crippen LogP contribution in [0.4, 0.5) is 0 Å². The molecule has 0 aromatic heterocycles. The Balaban J connectivity index is 1.06. The average molecular weight is 1740 g/mol. The summed E-state index contributed by atoms with van der Waals surface area (Å²) in [5, 5.41) is 130. The number of rotatable bonds is 19. The van der Waals surface area contributed by atoms with Crippen molar-refractivity contribution in [1.29, 1.82) is 0 Å². The lowest BCUT2D eigenvalue weighted by molar-refractivity contribution is -0.333. The fourth-order valence-electron chi connectivity index (χ4n) is 16.0. The van der Waals surface area contributed by atoms with E-state index in [1.165, 1.54) is 83.3 Å². The Morgan fingerprint density at radius 3 is 1.81 bits per heavy atom. The number of ether oxygens (including phenoxy) is 8. The van der Waals surface area contributed by atoms with Gasteiger partial charge in [-0.05, 0) is 141 Å². The number of fused-ring (bicyclic) bond motifs is 15. The first kappa shape index (κ1) is 90.6. The summed E-state index contributed by atoms with van der Waals surface area (Å²) in [6, 6.07) is 19.9. The molecule has 15 rings (SSSR count). The number of nitrogens with two attached hydrogens (primary N) is 2. The highest BCUT2D eigenvalue weighted by molar-refractivity contribution is 6.32. The molecule has 7 aromatic rings. The van der Waals surface area contributed by atoms with Gasteiger partial charge in [-0.1, -0.05) is 110 Å². The van der Waals surface area contributed by atoms with E-state index in [2.05, 4.69) is 47.9 Å². The van der Waals surface area contributed by atoms with E-state index in [1.54, 1.807) is 60.7 Å². The fourth-order valence-corrected chi connectivity index (χ4v) is 16.2. The minimum absolute atomic E-state index is 0.00525. The number of halogens is 1. The maximum absolute atomic E-state index is 16.8. The predicted molar refractivity (Wildman–Crippen MR) is 440 cm³/mol. The second kappa shape index (κ2) is 38.1. The largest absolute Gasteiger partial charge is 0.508 e. The Hall–Kier alpha value is -11.2. The van der Waals surface area contributed by atoms with Gasteiger partial charge in [-0.3, -0.25) is 38.4 Å². The minimum atomic E-state index is -2.34. The number of likely N-dealkylation sites (N-methyl/N-ethyl adjacent to an activating group) is 1. The number of benzene rings is 7. The van der Waals surface area contributed by atoms with Crippen LogP contribution < -0.4 is 73.5 Å². The highest BCUT2D eigenvalue weighted by atomic mass is 35.5. The molecule has 0 radical (unpaired) electrons. The third kappa shape index (κ3) is 20.3. The van der Waals surface area contributed by atoms with E-state index in [4.69, 9.17) is 61.0 Å². The van der Waals surface area contributed by atoms with Gasteiger partial charge in [-0.2, -0.15) is 0 Å².